The van der Waals surface area contributed by atoms with Crippen molar-refractivity contribution in [1.29, 1.82) is 0 Å². The number of aromatic nitrogens is 2. The molecule has 0 bridgehead atoms. The number of rotatable bonds is 6. The molecule has 1 amide bonds. The number of carbonyl (C=O) groups is 1. The minimum absolute atomic E-state index is 0.00300. The van der Waals surface area contributed by atoms with Gasteiger partial charge in [0.15, 0.2) is 0 Å². The Hall–Kier alpha value is -2.70. The fourth-order valence-corrected chi connectivity index (χ4v) is 2.80. The number of anilines is 1. The summed E-state index contributed by atoms with van der Waals surface area (Å²) in [5.74, 6) is 0.0118. The lowest BCUT2D eigenvalue weighted by molar-refractivity contribution is -0.115. The van der Waals surface area contributed by atoms with Crippen molar-refractivity contribution >= 4 is 23.3 Å². The van der Waals surface area contributed by atoms with Crippen LogP contribution in [-0.4, -0.2) is 22.2 Å². The molecule has 2 N–H and O–H groups in total. The Labute approximate surface area is 162 Å². The average Bonchev–Trinajstić information content (AvgIpc) is 3.01. The van der Waals surface area contributed by atoms with Gasteiger partial charge < -0.3 is 10.6 Å². The van der Waals surface area contributed by atoms with Gasteiger partial charge in [-0.25, -0.2) is 9.07 Å². The van der Waals surface area contributed by atoms with E-state index in [1.807, 2.05) is 38.1 Å². The van der Waals surface area contributed by atoms with Crippen LogP contribution in [0.1, 0.15) is 24.2 Å². The summed E-state index contributed by atoms with van der Waals surface area (Å²) in [6, 6.07) is 15.2. The molecule has 7 heteroatoms. The summed E-state index contributed by atoms with van der Waals surface area (Å²) in [6.45, 7) is 3.94. The maximum absolute atomic E-state index is 13.1. The van der Waals surface area contributed by atoms with Crippen molar-refractivity contribution in [2.24, 2.45) is 0 Å². The van der Waals surface area contributed by atoms with Crippen molar-refractivity contribution in [3.63, 3.8) is 0 Å². The highest BCUT2D eigenvalue weighted by molar-refractivity contribution is 6.30. The summed E-state index contributed by atoms with van der Waals surface area (Å²) in [6.07, 6.45) is 0. The molecule has 0 spiro atoms. The smallest absolute Gasteiger partial charge is 0.239 e. The number of carbonyl (C=O) groups excluding carboxylic acids is 1. The molecule has 1 atom stereocenters. The Morgan fingerprint density at radius 2 is 1.85 bits per heavy atom. The maximum atomic E-state index is 13.1. The molecule has 1 aromatic heterocycles. The van der Waals surface area contributed by atoms with E-state index in [-0.39, 0.29) is 24.3 Å². The summed E-state index contributed by atoms with van der Waals surface area (Å²) in [5, 5.41) is 11.1. The molecule has 0 radical (unpaired) electrons. The first-order chi connectivity index (χ1) is 12.9. The fraction of sp³-hybridized carbons (Fsp3) is 0.200. The Morgan fingerprint density at radius 3 is 2.52 bits per heavy atom. The van der Waals surface area contributed by atoms with E-state index in [9.17, 15) is 9.18 Å². The van der Waals surface area contributed by atoms with E-state index in [0.29, 0.717) is 16.5 Å². The minimum atomic E-state index is -0.325. The van der Waals surface area contributed by atoms with E-state index in [2.05, 4.69) is 15.7 Å². The summed E-state index contributed by atoms with van der Waals surface area (Å²) >= 11 is 5.90. The van der Waals surface area contributed by atoms with Crippen LogP contribution in [0.2, 0.25) is 5.02 Å². The van der Waals surface area contributed by atoms with Gasteiger partial charge in [-0.1, -0.05) is 23.7 Å². The van der Waals surface area contributed by atoms with Crippen molar-refractivity contribution in [2.75, 3.05) is 11.9 Å². The summed E-state index contributed by atoms with van der Waals surface area (Å²) in [5.41, 5.74) is 2.46. The molecule has 27 heavy (non-hydrogen) atoms. The molecule has 1 heterocycles. The van der Waals surface area contributed by atoms with Crippen LogP contribution in [-0.2, 0) is 4.79 Å². The van der Waals surface area contributed by atoms with Crippen LogP contribution in [0, 0.1) is 12.7 Å². The lowest BCUT2D eigenvalue weighted by Gasteiger charge is -2.14. The molecule has 0 fully saturated rings. The maximum Gasteiger partial charge on any atom is 0.239 e. The number of nitrogens with one attached hydrogen (secondary N) is 2. The third-order valence-corrected chi connectivity index (χ3v) is 4.36. The molecule has 3 rings (SSSR count). The lowest BCUT2D eigenvalue weighted by Crippen LogP contribution is -2.30. The van der Waals surface area contributed by atoms with Crippen LogP contribution in [0.4, 0.5) is 10.2 Å². The Balaban J connectivity index is 1.64. The topological polar surface area (TPSA) is 59.0 Å². The second-order valence-electron chi connectivity index (χ2n) is 6.26. The first kappa shape index (κ1) is 19.1. The number of halogens is 2. The van der Waals surface area contributed by atoms with E-state index in [1.54, 1.807) is 22.9 Å². The number of nitrogens with zero attached hydrogens (tertiary/aromatic N) is 2. The molecule has 0 aliphatic heterocycles. The zero-order chi connectivity index (χ0) is 19.4. The van der Waals surface area contributed by atoms with E-state index in [4.69, 9.17) is 11.6 Å². The standard InChI is InChI=1S/C20H20ClFN4O/c1-13-11-19(26(25-13)18-9-7-17(22)8-10-18)24-20(27)12-23-14(2)15-3-5-16(21)6-4-15/h3-11,14,23H,12H2,1-2H3,(H,24,27)/t14-/m0/s1. The second kappa shape index (κ2) is 8.33. The van der Waals surface area contributed by atoms with Gasteiger partial charge in [0.1, 0.15) is 11.6 Å². The molecule has 0 unspecified atom stereocenters. The highest BCUT2D eigenvalue weighted by atomic mass is 35.5. The predicted molar refractivity (Wildman–Crippen MR) is 105 cm³/mol. The number of aryl methyl sites for hydroxylation is 1. The first-order valence-electron chi connectivity index (χ1n) is 8.53. The summed E-state index contributed by atoms with van der Waals surface area (Å²) < 4.78 is 14.7. The van der Waals surface area contributed by atoms with Crippen LogP contribution < -0.4 is 10.6 Å². The van der Waals surface area contributed by atoms with Crippen LogP contribution in [0.3, 0.4) is 0 Å². The molecular weight excluding hydrogens is 367 g/mol. The number of hydrogen-bond acceptors (Lipinski definition) is 3. The zero-order valence-corrected chi connectivity index (χ0v) is 15.8. The largest absolute Gasteiger partial charge is 0.309 e. The van der Waals surface area contributed by atoms with Gasteiger partial charge in [-0.2, -0.15) is 5.10 Å². The zero-order valence-electron chi connectivity index (χ0n) is 15.0. The summed E-state index contributed by atoms with van der Waals surface area (Å²) in [7, 11) is 0. The Kier molecular flexibility index (Phi) is 5.88. The molecule has 140 valence electrons. The van der Waals surface area contributed by atoms with Gasteiger partial charge in [-0.15, -0.1) is 0 Å². The third-order valence-electron chi connectivity index (χ3n) is 4.11. The highest BCUT2D eigenvalue weighted by Crippen LogP contribution is 2.18. The quantitative estimate of drug-likeness (QED) is 0.665. The molecule has 0 aliphatic carbocycles. The van der Waals surface area contributed by atoms with Crippen molar-refractivity contribution < 1.29 is 9.18 Å². The van der Waals surface area contributed by atoms with Crippen LogP contribution in [0.5, 0.6) is 0 Å². The van der Waals surface area contributed by atoms with Crippen molar-refractivity contribution in [1.82, 2.24) is 15.1 Å². The van der Waals surface area contributed by atoms with Crippen molar-refractivity contribution in [3.05, 3.63) is 76.7 Å². The monoisotopic (exact) mass is 386 g/mol. The second-order valence-corrected chi connectivity index (χ2v) is 6.70. The summed E-state index contributed by atoms with van der Waals surface area (Å²) in [4.78, 5) is 12.4. The van der Waals surface area contributed by atoms with E-state index >= 15 is 0 Å². The van der Waals surface area contributed by atoms with Crippen molar-refractivity contribution in [3.8, 4) is 5.69 Å². The van der Waals surface area contributed by atoms with Gasteiger partial charge in [-0.3, -0.25) is 4.79 Å². The molecular formula is C20H20ClFN4O. The van der Waals surface area contributed by atoms with Crippen LogP contribution >= 0.6 is 11.6 Å². The first-order valence-corrected chi connectivity index (χ1v) is 8.91. The normalized spacial score (nSPS) is 12.0. The Morgan fingerprint density at radius 1 is 1.19 bits per heavy atom. The van der Waals surface area contributed by atoms with Gasteiger partial charge in [0, 0.05) is 17.1 Å². The van der Waals surface area contributed by atoms with E-state index < -0.39 is 0 Å². The number of hydrogen-bond donors (Lipinski definition) is 2. The van der Waals surface area contributed by atoms with Gasteiger partial charge in [0.25, 0.3) is 0 Å². The molecule has 5 nitrogen and oxygen atoms in total. The molecule has 0 aliphatic rings. The third kappa shape index (κ3) is 4.93. The highest BCUT2D eigenvalue weighted by Gasteiger charge is 2.12. The molecule has 2 aromatic carbocycles. The minimum Gasteiger partial charge on any atom is -0.309 e. The number of amides is 1. The molecule has 3 aromatic rings. The SMILES string of the molecule is Cc1cc(NC(=O)CN[C@@H](C)c2ccc(Cl)cc2)n(-c2ccc(F)cc2)n1. The van der Waals surface area contributed by atoms with E-state index in [1.165, 1.54) is 12.1 Å². The predicted octanol–water partition coefficient (Wildman–Crippen LogP) is 4.26. The fourth-order valence-electron chi connectivity index (χ4n) is 2.67. The van der Waals surface area contributed by atoms with Gasteiger partial charge in [-0.05, 0) is 55.8 Å². The number of benzene rings is 2. The van der Waals surface area contributed by atoms with E-state index in [0.717, 1.165) is 11.3 Å². The molecule has 0 saturated carbocycles. The average molecular weight is 387 g/mol. The van der Waals surface area contributed by atoms with Gasteiger partial charge in [0.2, 0.25) is 5.91 Å². The van der Waals surface area contributed by atoms with Gasteiger partial charge in [0.05, 0.1) is 17.9 Å². The van der Waals surface area contributed by atoms with Gasteiger partial charge >= 0.3 is 0 Å². The Bertz CT molecular complexity index is 922. The van der Waals surface area contributed by atoms with Crippen LogP contribution in [0.15, 0.2) is 54.6 Å². The molecule has 0 saturated heterocycles. The van der Waals surface area contributed by atoms with Crippen LogP contribution in [0.25, 0.3) is 5.69 Å². The lowest BCUT2D eigenvalue weighted by atomic mass is 10.1. The van der Waals surface area contributed by atoms with Crippen molar-refractivity contribution in [2.45, 2.75) is 19.9 Å².